The van der Waals surface area contributed by atoms with Crippen molar-refractivity contribution in [1.82, 2.24) is 10.6 Å². The van der Waals surface area contributed by atoms with Gasteiger partial charge in [0.2, 0.25) is 11.8 Å². The fraction of sp³-hybridized carbons (Fsp3) is 0.444. The Balaban J connectivity index is 2.88. The molecule has 0 saturated heterocycles. The van der Waals surface area contributed by atoms with Crippen LogP contribution in [-0.2, 0) is 25.5 Å². The zero-order valence-electron chi connectivity index (χ0n) is 14.6. The van der Waals surface area contributed by atoms with Gasteiger partial charge in [0.05, 0.1) is 13.2 Å². The zero-order chi connectivity index (χ0) is 18.8. The number of rotatable bonds is 8. The third kappa shape index (κ3) is 7.04. The summed E-state index contributed by atoms with van der Waals surface area (Å²) in [5.41, 5.74) is 0.872. The van der Waals surface area contributed by atoms with Crippen molar-refractivity contribution in [2.45, 2.75) is 38.8 Å². The quantitative estimate of drug-likeness (QED) is 0.682. The van der Waals surface area contributed by atoms with Crippen LogP contribution in [0.3, 0.4) is 0 Å². The normalized spacial score (nSPS) is 13.7. The molecule has 0 aliphatic rings. The van der Waals surface area contributed by atoms with Gasteiger partial charge in [-0.25, -0.2) is 4.79 Å². The molecular formula is C18H23N3O4. The summed E-state index contributed by atoms with van der Waals surface area (Å²) in [4.78, 5) is 35.9. The van der Waals surface area contributed by atoms with Gasteiger partial charge < -0.3 is 15.4 Å². The molecule has 2 amide bonds. The van der Waals surface area contributed by atoms with E-state index in [1.165, 1.54) is 14.0 Å². The summed E-state index contributed by atoms with van der Waals surface area (Å²) in [7, 11) is 1.22. The second-order valence-electron chi connectivity index (χ2n) is 5.79. The van der Waals surface area contributed by atoms with E-state index in [4.69, 9.17) is 5.26 Å². The van der Waals surface area contributed by atoms with Gasteiger partial charge in [0.15, 0.2) is 0 Å². The Morgan fingerprint density at radius 2 is 1.80 bits per heavy atom. The number of amides is 2. The first kappa shape index (κ1) is 20.2. The number of benzene rings is 1. The van der Waals surface area contributed by atoms with Crippen molar-refractivity contribution in [3.63, 3.8) is 0 Å². The number of esters is 1. The van der Waals surface area contributed by atoms with Gasteiger partial charge in [-0.2, -0.15) is 5.26 Å². The highest BCUT2D eigenvalue weighted by atomic mass is 16.5. The van der Waals surface area contributed by atoms with Gasteiger partial charge in [-0.1, -0.05) is 30.3 Å². The van der Waals surface area contributed by atoms with E-state index >= 15 is 0 Å². The molecule has 7 heteroatoms. The highest BCUT2D eigenvalue weighted by Gasteiger charge is 2.28. The van der Waals surface area contributed by atoms with E-state index in [1.807, 2.05) is 36.4 Å². The van der Waals surface area contributed by atoms with Crippen LogP contribution in [0.4, 0.5) is 0 Å². The smallest absolute Gasteiger partial charge is 0.328 e. The van der Waals surface area contributed by atoms with Crippen LogP contribution in [0.15, 0.2) is 30.3 Å². The van der Waals surface area contributed by atoms with Crippen LogP contribution >= 0.6 is 0 Å². The van der Waals surface area contributed by atoms with Crippen LogP contribution in [0.2, 0.25) is 0 Å². The summed E-state index contributed by atoms with van der Waals surface area (Å²) >= 11 is 0. The lowest BCUT2D eigenvalue weighted by atomic mass is 10.0. The maximum Gasteiger partial charge on any atom is 0.328 e. The summed E-state index contributed by atoms with van der Waals surface area (Å²) in [6, 6.07) is 9.46. The van der Waals surface area contributed by atoms with Crippen LogP contribution < -0.4 is 10.6 Å². The van der Waals surface area contributed by atoms with Crippen LogP contribution in [0.1, 0.15) is 25.8 Å². The maximum absolute atomic E-state index is 12.6. The maximum atomic E-state index is 12.6. The van der Waals surface area contributed by atoms with Gasteiger partial charge in [-0.3, -0.25) is 9.59 Å². The Bertz CT molecular complexity index is 639. The Kier molecular flexibility index (Phi) is 8.13. The predicted molar refractivity (Wildman–Crippen MR) is 91.1 cm³/mol. The summed E-state index contributed by atoms with van der Waals surface area (Å²) < 4.78 is 4.69. The van der Waals surface area contributed by atoms with Crippen LogP contribution in [0.25, 0.3) is 0 Å². The molecule has 134 valence electrons. The fourth-order valence-electron chi connectivity index (χ4n) is 2.34. The molecule has 2 N–H and O–H groups in total. The van der Waals surface area contributed by atoms with E-state index < -0.39 is 29.9 Å². The highest BCUT2D eigenvalue weighted by Crippen LogP contribution is 2.08. The average molecular weight is 345 g/mol. The monoisotopic (exact) mass is 345 g/mol. The lowest BCUT2D eigenvalue weighted by Crippen LogP contribution is -2.52. The van der Waals surface area contributed by atoms with E-state index in [1.54, 1.807) is 6.92 Å². The summed E-state index contributed by atoms with van der Waals surface area (Å²) in [6.07, 6.45) is 0.418. The lowest BCUT2D eigenvalue weighted by molar-refractivity contribution is -0.145. The van der Waals surface area contributed by atoms with Gasteiger partial charge in [-0.15, -0.1) is 0 Å². The molecule has 25 heavy (non-hydrogen) atoms. The number of ether oxygens (including phenoxy) is 1. The number of hydrogen-bond donors (Lipinski definition) is 2. The first-order chi connectivity index (χ1) is 11.9. The molecular weight excluding hydrogens is 322 g/mol. The molecule has 0 saturated carbocycles. The van der Waals surface area contributed by atoms with Crippen molar-refractivity contribution in [2.24, 2.45) is 5.92 Å². The molecule has 0 heterocycles. The molecule has 1 rings (SSSR count). The first-order valence-corrected chi connectivity index (χ1v) is 7.96. The minimum absolute atomic E-state index is 0.132. The minimum Gasteiger partial charge on any atom is -0.467 e. The van der Waals surface area contributed by atoms with Gasteiger partial charge in [-0.05, 0) is 18.9 Å². The number of hydrogen-bond acceptors (Lipinski definition) is 5. The van der Waals surface area contributed by atoms with Crippen molar-refractivity contribution >= 4 is 17.8 Å². The second kappa shape index (κ2) is 10.1. The summed E-state index contributed by atoms with van der Waals surface area (Å²) in [5.74, 6) is -1.91. The Labute approximate surface area is 147 Å². The summed E-state index contributed by atoms with van der Waals surface area (Å²) in [6.45, 7) is 2.97. The SMILES string of the molecule is COC(=O)[C@@H](C[C@@H](C)C#N)NC(=O)[C@H](Cc1ccccc1)NC(C)=O. The molecule has 0 fully saturated rings. The lowest BCUT2D eigenvalue weighted by Gasteiger charge is -2.22. The van der Waals surface area contributed by atoms with Gasteiger partial charge in [0, 0.05) is 19.3 Å². The van der Waals surface area contributed by atoms with Crippen molar-refractivity contribution in [3.8, 4) is 6.07 Å². The van der Waals surface area contributed by atoms with Gasteiger partial charge in [0.25, 0.3) is 0 Å². The van der Waals surface area contributed by atoms with Crippen molar-refractivity contribution < 1.29 is 19.1 Å². The van der Waals surface area contributed by atoms with Crippen LogP contribution in [0.5, 0.6) is 0 Å². The molecule has 3 atom stereocenters. The van der Waals surface area contributed by atoms with Crippen LogP contribution in [0, 0.1) is 17.2 Å². The third-order valence-electron chi connectivity index (χ3n) is 3.59. The van der Waals surface area contributed by atoms with E-state index in [0.29, 0.717) is 0 Å². The van der Waals surface area contributed by atoms with Gasteiger partial charge >= 0.3 is 5.97 Å². The predicted octanol–water partition coefficient (Wildman–Crippen LogP) is 0.941. The zero-order valence-corrected chi connectivity index (χ0v) is 14.6. The Hall–Kier alpha value is -2.88. The fourth-order valence-corrected chi connectivity index (χ4v) is 2.34. The standard InChI is InChI=1S/C18H23N3O4/c1-12(11-19)9-16(18(24)25-3)21-17(23)15(20-13(2)22)10-14-7-5-4-6-8-14/h4-8,12,15-16H,9-10H2,1-3H3,(H,20,22)(H,21,23)/t12-,15+,16-/m1/s1. The van der Waals surface area contributed by atoms with E-state index in [0.717, 1.165) is 5.56 Å². The molecule has 0 unspecified atom stereocenters. The second-order valence-corrected chi connectivity index (χ2v) is 5.79. The highest BCUT2D eigenvalue weighted by molar-refractivity contribution is 5.90. The van der Waals surface area contributed by atoms with Crippen LogP contribution in [-0.4, -0.2) is 37.0 Å². The molecule has 1 aromatic carbocycles. The average Bonchev–Trinajstić information content (AvgIpc) is 2.60. The number of nitrogens with one attached hydrogen (secondary N) is 2. The molecule has 0 spiro atoms. The molecule has 0 radical (unpaired) electrons. The molecule has 7 nitrogen and oxygen atoms in total. The topological polar surface area (TPSA) is 108 Å². The molecule has 1 aromatic rings. The summed E-state index contributed by atoms with van der Waals surface area (Å²) in [5, 5.41) is 14.1. The molecule has 0 aliphatic carbocycles. The largest absolute Gasteiger partial charge is 0.467 e. The van der Waals surface area contributed by atoms with Crippen molar-refractivity contribution in [1.29, 1.82) is 5.26 Å². The molecule has 0 bridgehead atoms. The van der Waals surface area contributed by atoms with E-state index in [-0.39, 0.29) is 18.7 Å². The molecule has 0 aliphatic heterocycles. The number of carbonyl (C=O) groups excluding carboxylic acids is 3. The number of methoxy groups -OCH3 is 1. The minimum atomic E-state index is -0.945. The van der Waals surface area contributed by atoms with Gasteiger partial charge in [0.1, 0.15) is 12.1 Å². The molecule has 0 aromatic heterocycles. The van der Waals surface area contributed by atoms with Crippen molar-refractivity contribution in [3.05, 3.63) is 35.9 Å². The Morgan fingerprint density at radius 3 is 2.32 bits per heavy atom. The van der Waals surface area contributed by atoms with E-state index in [9.17, 15) is 14.4 Å². The Morgan fingerprint density at radius 1 is 1.16 bits per heavy atom. The number of nitriles is 1. The first-order valence-electron chi connectivity index (χ1n) is 7.96. The number of carbonyl (C=O) groups is 3. The number of nitrogens with zero attached hydrogens (tertiary/aromatic N) is 1. The van der Waals surface area contributed by atoms with E-state index in [2.05, 4.69) is 15.4 Å². The third-order valence-corrected chi connectivity index (χ3v) is 3.59. The van der Waals surface area contributed by atoms with Crippen molar-refractivity contribution in [2.75, 3.05) is 7.11 Å².